The van der Waals surface area contributed by atoms with E-state index in [-0.39, 0.29) is 17.5 Å². The first-order valence-corrected chi connectivity index (χ1v) is 9.58. The van der Waals surface area contributed by atoms with Crippen LogP contribution in [0.2, 0.25) is 0 Å². The number of amides is 1. The Bertz CT molecular complexity index is 1080. The molecule has 8 heteroatoms. The van der Waals surface area contributed by atoms with Crippen molar-refractivity contribution in [2.24, 2.45) is 7.05 Å². The number of aromatic nitrogens is 4. The van der Waals surface area contributed by atoms with Crippen LogP contribution in [0.5, 0.6) is 5.75 Å². The number of carbonyl (C=O) groups is 1. The molecule has 0 aliphatic carbocycles. The number of nitrogens with zero attached hydrogens (tertiary/aromatic N) is 4. The molecule has 1 fully saturated rings. The fourth-order valence-electron chi connectivity index (χ4n) is 3.68. The predicted octanol–water partition coefficient (Wildman–Crippen LogP) is 2.20. The number of benzene rings is 1. The third-order valence-corrected chi connectivity index (χ3v) is 5.32. The van der Waals surface area contributed by atoms with Gasteiger partial charge in [-0.25, -0.2) is 14.8 Å². The molecule has 1 N–H and O–H groups in total. The average Bonchev–Trinajstić information content (AvgIpc) is 3.11. The van der Waals surface area contributed by atoms with Gasteiger partial charge in [0.05, 0.1) is 12.8 Å². The summed E-state index contributed by atoms with van der Waals surface area (Å²) in [6.45, 7) is 1.20. The molecular weight excluding hydrogens is 370 g/mol. The van der Waals surface area contributed by atoms with Gasteiger partial charge >= 0.3 is 5.69 Å². The topological polar surface area (TPSA) is 93.1 Å². The van der Waals surface area contributed by atoms with Crippen molar-refractivity contribution in [3.63, 3.8) is 0 Å². The maximum atomic E-state index is 12.6. The summed E-state index contributed by atoms with van der Waals surface area (Å²) >= 11 is 0. The molecule has 3 heterocycles. The fraction of sp³-hybridized carbons (Fsp3) is 0.333. The van der Waals surface area contributed by atoms with Crippen molar-refractivity contribution in [1.82, 2.24) is 24.4 Å². The zero-order valence-corrected chi connectivity index (χ0v) is 16.5. The molecule has 1 aliphatic rings. The fourth-order valence-corrected chi connectivity index (χ4v) is 3.68. The second kappa shape index (κ2) is 7.90. The lowest BCUT2D eigenvalue weighted by Gasteiger charge is -2.31. The Morgan fingerprint density at radius 1 is 1.21 bits per heavy atom. The Hall–Kier alpha value is -3.42. The number of nitrogens with one attached hydrogen (secondary N) is 1. The summed E-state index contributed by atoms with van der Waals surface area (Å²) in [5.74, 6) is 1.59. The van der Waals surface area contributed by atoms with Gasteiger partial charge in [-0.1, -0.05) is 12.1 Å². The van der Waals surface area contributed by atoms with Crippen LogP contribution < -0.4 is 10.4 Å². The number of aromatic amines is 1. The maximum absolute atomic E-state index is 12.6. The monoisotopic (exact) mass is 393 g/mol. The molecule has 0 saturated carbocycles. The number of aryl methyl sites for hydroxylation is 1. The number of piperidine rings is 1. The van der Waals surface area contributed by atoms with Crippen molar-refractivity contribution in [1.29, 1.82) is 0 Å². The molecule has 0 spiro atoms. The van der Waals surface area contributed by atoms with E-state index in [2.05, 4.69) is 9.97 Å². The van der Waals surface area contributed by atoms with E-state index in [0.29, 0.717) is 18.8 Å². The summed E-state index contributed by atoms with van der Waals surface area (Å²) in [5, 5.41) is 0. The normalized spacial score (nSPS) is 14.8. The number of imidazole rings is 1. The quantitative estimate of drug-likeness (QED) is 0.733. The summed E-state index contributed by atoms with van der Waals surface area (Å²) in [5.41, 5.74) is 1.79. The largest absolute Gasteiger partial charge is 0.496 e. The highest BCUT2D eigenvalue weighted by atomic mass is 16.5. The minimum Gasteiger partial charge on any atom is -0.496 e. The number of H-pyrrole nitrogens is 1. The number of methoxy groups -OCH3 is 1. The Labute approximate surface area is 168 Å². The lowest BCUT2D eigenvalue weighted by molar-refractivity contribution is 0.0705. The molecule has 4 rings (SSSR count). The number of likely N-dealkylation sites (tertiary alicyclic amines) is 1. The van der Waals surface area contributed by atoms with Crippen molar-refractivity contribution in [2.45, 2.75) is 18.8 Å². The second-order valence-corrected chi connectivity index (χ2v) is 7.15. The zero-order valence-electron chi connectivity index (χ0n) is 16.5. The third-order valence-electron chi connectivity index (χ3n) is 5.32. The molecule has 1 aliphatic heterocycles. The third kappa shape index (κ3) is 3.78. The summed E-state index contributed by atoms with van der Waals surface area (Å²) in [7, 11) is 3.27. The van der Waals surface area contributed by atoms with Gasteiger partial charge in [0.2, 0.25) is 0 Å². The summed E-state index contributed by atoms with van der Waals surface area (Å²) in [6, 6.07) is 9.66. The second-order valence-electron chi connectivity index (χ2n) is 7.15. The molecule has 0 bridgehead atoms. The molecule has 29 heavy (non-hydrogen) atoms. The first-order chi connectivity index (χ1) is 14.1. The van der Waals surface area contributed by atoms with Crippen molar-refractivity contribution >= 4 is 5.91 Å². The number of carbonyl (C=O) groups excluding carboxylic acids is 1. The van der Waals surface area contributed by atoms with E-state index >= 15 is 0 Å². The van der Waals surface area contributed by atoms with Gasteiger partial charge in [0, 0.05) is 44.0 Å². The van der Waals surface area contributed by atoms with E-state index in [9.17, 15) is 9.59 Å². The van der Waals surface area contributed by atoms with Crippen LogP contribution in [0.25, 0.3) is 11.3 Å². The van der Waals surface area contributed by atoms with E-state index in [1.54, 1.807) is 25.3 Å². The molecule has 150 valence electrons. The lowest BCUT2D eigenvalue weighted by Crippen LogP contribution is -2.38. The van der Waals surface area contributed by atoms with Crippen LogP contribution in [0.3, 0.4) is 0 Å². The van der Waals surface area contributed by atoms with Crippen LogP contribution in [-0.2, 0) is 7.05 Å². The molecule has 1 aromatic carbocycles. The predicted molar refractivity (Wildman–Crippen MR) is 108 cm³/mol. The van der Waals surface area contributed by atoms with Gasteiger partial charge in [-0.2, -0.15) is 0 Å². The van der Waals surface area contributed by atoms with Crippen LogP contribution in [0.1, 0.15) is 35.1 Å². The molecule has 3 aromatic rings. The minimum atomic E-state index is -0.287. The number of hydrogen-bond donors (Lipinski definition) is 1. The van der Waals surface area contributed by atoms with E-state index < -0.39 is 0 Å². The molecule has 1 amide bonds. The van der Waals surface area contributed by atoms with Crippen LogP contribution in [0.4, 0.5) is 0 Å². The first-order valence-electron chi connectivity index (χ1n) is 9.58. The van der Waals surface area contributed by atoms with Crippen molar-refractivity contribution < 1.29 is 9.53 Å². The summed E-state index contributed by atoms with van der Waals surface area (Å²) in [4.78, 5) is 37.8. The van der Waals surface area contributed by atoms with Crippen molar-refractivity contribution in [3.8, 4) is 17.0 Å². The molecule has 0 radical (unpaired) electrons. The zero-order chi connectivity index (χ0) is 20.4. The smallest absolute Gasteiger partial charge is 0.325 e. The highest BCUT2D eigenvalue weighted by molar-refractivity contribution is 5.92. The van der Waals surface area contributed by atoms with Gasteiger partial charge in [0.1, 0.15) is 17.3 Å². The van der Waals surface area contributed by atoms with E-state index in [4.69, 9.17) is 9.72 Å². The minimum absolute atomic E-state index is 0.148. The molecule has 8 nitrogen and oxygen atoms in total. The highest BCUT2D eigenvalue weighted by Gasteiger charge is 2.27. The van der Waals surface area contributed by atoms with Gasteiger partial charge in [-0.15, -0.1) is 0 Å². The Balaban J connectivity index is 1.48. The van der Waals surface area contributed by atoms with Crippen molar-refractivity contribution in [3.05, 3.63) is 64.7 Å². The first kappa shape index (κ1) is 18.9. The highest BCUT2D eigenvalue weighted by Crippen LogP contribution is 2.31. The maximum Gasteiger partial charge on any atom is 0.325 e. The van der Waals surface area contributed by atoms with Gasteiger partial charge in [0.25, 0.3) is 5.91 Å². The van der Waals surface area contributed by atoms with Crippen LogP contribution >= 0.6 is 0 Å². The number of para-hydroxylation sites is 1. The molecule has 2 aromatic heterocycles. The van der Waals surface area contributed by atoms with E-state index in [1.807, 2.05) is 30.3 Å². The van der Waals surface area contributed by atoms with Crippen LogP contribution in [0.15, 0.2) is 47.5 Å². The van der Waals surface area contributed by atoms with E-state index in [1.165, 1.54) is 10.8 Å². The van der Waals surface area contributed by atoms with Gasteiger partial charge in [0.15, 0.2) is 0 Å². The SMILES string of the molecule is COc1ccccc1-c1ccnc(C2CCN(C(=O)c3cn(C)c(=O)[nH]3)CC2)n1. The van der Waals surface area contributed by atoms with Crippen LogP contribution in [-0.4, -0.2) is 50.5 Å². The summed E-state index contributed by atoms with van der Waals surface area (Å²) in [6.07, 6.45) is 4.86. The lowest BCUT2D eigenvalue weighted by atomic mass is 9.95. The molecule has 0 unspecified atom stereocenters. The van der Waals surface area contributed by atoms with Crippen LogP contribution in [0, 0.1) is 0 Å². The number of ether oxygens (including phenoxy) is 1. The molecule has 0 atom stereocenters. The number of rotatable bonds is 4. The van der Waals surface area contributed by atoms with E-state index in [0.717, 1.165) is 35.7 Å². The Morgan fingerprint density at radius 3 is 2.66 bits per heavy atom. The Kier molecular flexibility index (Phi) is 5.16. The van der Waals surface area contributed by atoms with Crippen molar-refractivity contribution in [2.75, 3.05) is 20.2 Å². The molecular formula is C21H23N5O3. The average molecular weight is 393 g/mol. The standard InChI is InChI=1S/C21H23N5O3/c1-25-13-17(24-21(25)28)20(27)26-11-8-14(9-12-26)19-22-10-7-16(23-19)15-5-3-4-6-18(15)29-2/h3-7,10,13-14H,8-9,11-12H2,1-2H3,(H,24,28). The van der Waals surface area contributed by atoms with Gasteiger partial charge in [-0.05, 0) is 31.0 Å². The van der Waals surface area contributed by atoms with Gasteiger partial charge in [-0.3, -0.25) is 4.79 Å². The summed E-state index contributed by atoms with van der Waals surface area (Å²) < 4.78 is 6.82. The van der Waals surface area contributed by atoms with Gasteiger partial charge < -0.3 is 19.2 Å². The molecule has 1 saturated heterocycles. The number of hydrogen-bond acceptors (Lipinski definition) is 5. The Morgan fingerprint density at radius 2 is 1.97 bits per heavy atom.